The molecule has 0 bridgehead atoms. The standard InChI is InChI=1S/C13H19NO2/c1-3-14(2)10-5-6-11-9(8-10)4-7-12(15)13(11)16/h4,7,10,15-16H,3,5-6,8H2,1-2H3/t10-/m0/s1. The first-order valence-electron chi connectivity index (χ1n) is 5.86. The molecule has 0 spiro atoms. The van der Waals surface area contributed by atoms with Crippen LogP contribution < -0.4 is 0 Å². The number of phenols is 2. The number of hydrogen-bond acceptors (Lipinski definition) is 3. The van der Waals surface area contributed by atoms with Crippen molar-refractivity contribution in [2.45, 2.75) is 32.2 Å². The summed E-state index contributed by atoms with van der Waals surface area (Å²) in [5.74, 6) is 0.0798. The van der Waals surface area contributed by atoms with Crippen LogP contribution in [0.5, 0.6) is 11.5 Å². The number of fused-ring (bicyclic) bond motifs is 1. The number of nitrogens with zero attached hydrogens (tertiary/aromatic N) is 1. The van der Waals surface area contributed by atoms with Crippen LogP contribution in [0.2, 0.25) is 0 Å². The Morgan fingerprint density at radius 2 is 2.12 bits per heavy atom. The Bertz CT molecular complexity index is 390. The van der Waals surface area contributed by atoms with E-state index in [4.69, 9.17) is 0 Å². The molecule has 0 unspecified atom stereocenters. The number of hydrogen-bond donors (Lipinski definition) is 2. The van der Waals surface area contributed by atoms with E-state index < -0.39 is 0 Å². The minimum atomic E-state index is 0.000969. The van der Waals surface area contributed by atoms with Crippen molar-refractivity contribution in [1.82, 2.24) is 4.90 Å². The van der Waals surface area contributed by atoms with Gasteiger partial charge in [-0.3, -0.25) is 0 Å². The van der Waals surface area contributed by atoms with E-state index in [-0.39, 0.29) is 11.5 Å². The van der Waals surface area contributed by atoms with Crippen molar-refractivity contribution in [1.29, 1.82) is 0 Å². The summed E-state index contributed by atoms with van der Waals surface area (Å²) in [4.78, 5) is 2.34. The first kappa shape index (κ1) is 11.3. The van der Waals surface area contributed by atoms with Crippen molar-refractivity contribution in [3.05, 3.63) is 23.3 Å². The third kappa shape index (κ3) is 1.87. The zero-order valence-electron chi connectivity index (χ0n) is 9.90. The summed E-state index contributed by atoms with van der Waals surface area (Å²) >= 11 is 0. The Morgan fingerprint density at radius 1 is 1.38 bits per heavy atom. The van der Waals surface area contributed by atoms with Gasteiger partial charge in [-0.1, -0.05) is 13.0 Å². The number of phenolic OH excluding ortho intramolecular Hbond substituents is 2. The van der Waals surface area contributed by atoms with Gasteiger partial charge in [0, 0.05) is 11.6 Å². The van der Waals surface area contributed by atoms with Crippen LogP contribution in [0.4, 0.5) is 0 Å². The van der Waals surface area contributed by atoms with E-state index in [9.17, 15) is 10.2 Å². The number of benzene rings is 1. The van der Waals surface area contributed by atoms with Gasteiger partial charge in [0.05, 0.1) is 0 Å². The SMILES string of the molecule is CCN(C)[C@H]1CCc2c(ccc(O)c2O)C1. The molecule has 1 aromatic rings. The lowest BCUT2D eigenvalue weighted by molar-refractivity contribution is 0.231. The largest absolute Gasteiger partial charge is 0.504 e. The van der Waals surface area contributed by atoms with Crippen LogP contribution in [0, 0.1) is 0 Å². The molecule has 0 saturated carbocycles. The second kappa shape index (κ2) is 4.34. The molecule has 0 heterocycles. The summed E-state index contributed by atoms with van der Waals surface area (Å²) < 4.78 is 0. The molecule has 1 aromatic carbocycles. The van der Waals surface area contributed by atoms with Crippen LogP contribution >= 0.6 is 0 Å². The van der Waals surface area contributed by atoms with E-state index in [0.717, 1.165) is 31.4 Å². The molecule has 0 aliphatic heterocycles. The van der Waals surface area contributed by atoms with Crippen LogP contribution in [0.1, 0.15) is 24.5 Å². The summed E-state index contributed by atoms with van der Waals surface area (Å²) in [5.41, 5.74) is 2.10. The molecule has 0 fully saturated rings. The fourth-order valence-corrected chi connectivity index (χ4v) is 2.44. The summed E-state index contributed by atoms with van der Waals surface area (Å²) in [6.07, 6.45) is 2.87. The monoisotopic (exact) mass is 221 g/mol. The predicted octanol–water partition coefficient (Wildman–Crippen LogP) is 1.91. The molecule has 3 nitrogen and oxygen atoms in total. The first-order chi connectivity index (χ1) is 7.63. The van der Waals surface area contributed by atoms with E-state index in [1.807, 2.05) is 6.07 Å². The van der Waals surface area contributed by atoms with Gasteiger partial charge >= 0.3 is 0 Å². The second-order valence-electron chi connectivity index (χ2n) is 4.54. The molecule has 88 valence electrons. The Kier molecular flexibility index (Phi) is 3.06. The van der Waals surface area contributed by atoms with Gasteiger partial charge in [-0.2, -0.15) is 0 Å². The molecule has 2 N–H and O–H groups in total. The van der Waals surface area contributed by atoms with Crippen molar-refractivity contribution in [3.63, 3.8) is 0 Å². The normalized spacial score (nSPS) is 19.8. The number of rotatable bonds is 2. The minimum Gasteiger partial charge on any atom is -0.504 e. The molecule has 2 rings (SSSR count). The molecule has 0 radical (unpaired) electrons. The first-order valence-corrected chi connectivity index (χ1v) is 5.86. The quantitative estimate of drug-likeness (QED) is 0.750. The summed E-state index contributed by atoms with van der Waals surface area (Å²) in [7, 11) is 2.13. The molecule has 0 saturated heterocycles. The van der Waals surface area contributed by atoms with Crippen LogP contribution in [-0.2, 0) is 12.8 Å². The van der Waals surface area contributed by atoms with Crippen molar-refractivity contribution in [2.75, 3.05) is 13.6 Å². The van der Waals surface area contributed by atoms with Crippen LogP contribution in [0.25, 0.3) is 0 Å². The van der Waals surface area contributed by atoms with E-state index in [0.29, 0.717) is 6.04 Å². The van der Waals surface area contributed by atoms with Gasteiger partial charge in [-0.15, -0.1) is 0 Å². The third-order valence-corrected chi connectivity index (χ3v) is 3.66. The topological polar surface area (TPSA) is 43.7 Å². The highest BCUT2D eigenvalue weighted by atomic mass is 16.3. The van der Waals surface area contributed by atoms with Crippen molar-refractivity contribution >= 4 is 0 Å². The van der Waals surface area contributed by atoms with Crippen LogP contribution in [0.3, 0.4) is 0 Å². The minimum absolute atomic E-state index is 0.000969. The third-order valence-electron chi connectivity index (χ3n) is 3.66. The van der Waals surface area contributed by atoms with Crippen molar-refractivity contribution < 1.29 is 10.2 Å². The zero-order chi connectivity index (χ0) is 11.7. The molecule has 1 aliphatic rings. The highest BCUT2D eigenvalue weighted by molar-refractivity contribution is 5.50. The molecule has 0 aromatic heterocycles. The smallest absolute Gasteiger partial charge is 0.160 e. The molecule has 16 heavy (non-hydrogen) atoms. The van der Waals surface area contributed by atoms with E-state index in [2.05, 4.69) is 18.9 Å². The van der Waals surface area contributed by atoms with Gasteiger partial charge in [0.15, 0.2) is 11.5 Å². The Labute approximate surface area is 96.3 Å². The summed E-state index contributed by atoms with van der Waals surface area (Å²) in [6, 6.07) is 4.07. The zero-order valence-corrected chi connectivity index (χ0v) is 9.90. The van der Waals surface area contributed by atoms with E-state index in [1.54, 1.807) is 6.07 Å². The average molecular weight is 221 g/mol. The maximum Gasteiger partial charge on any atom is 0.160 e. The van der Waals surface area contributed by atoms with Gasteiger partial charge in [-0.05, 0) is 44.5 Å². The Hall–Kier alpha value is -1.22. The fraction of sp³-hybridized carbons (Fsp3) is 0.538. The van der Waals surface area contributed by atoms with Crippen LogP contribution in [0.15, 0.2) is 12.1 Å². The lowest BCUT2D eigenvalue weighted by atomic mass is 9.87. The molecular formula is C13H19NO2. The van der Waals surface area contributed by atoms with Gasteiger partial charge in [0.25, 0.3) is 0 Å². The Morgan fingerprint density at radius 3 is 2.81 bits per heavy atom. The van der Waals surface area contributed by atoms with Gasteiger partial charge in [0.2, 0.25) is 0 Å². The highest BCUT2D eigenvalue weighted by Gasteiger charge is 2.24. The molecule has 0 amide bonds. The van der Waals surface area contributed by atoms with E-state index in [1.165, 1.54) is 5.56 Å². The highest BCUT2D eigenvalue weighted by Crippen LogP contribution is 2.36. The van der Waals surface area contributed by atoms with E-state index >= 15 is 0 Å². The lowest BCUT2D eigenvalue weighted by Gasteiger charge is -2.32. The Balaban J connectivity index is 2.25. The van der Waals surface area contributed by atoms with Gasteiger partial charge in [0.1, 0.15) is 0 Å². The molecule has 1 aliphatic carbocycles. The number of likely N-dealkylation sites (N-methyl/N-ethyl adjacent to an activating group) is 1. The molecule has 3 heteroatoms. The van der Waals surface area contributed by atoms with Gasteiger partial charge in [-0.25, -0.2) is 0 Å². The lowest BCUT2D eigenvalue weighted by Crippen LogP contribution is -2.36. The predicted molar refractivity (Wildman–Crippen MR) is 63.9 cm³/mol. The van der Waals surface area contributed by atoms with Crippen molar-refractivity contribution in [2.24, 2.45) is 0 Å². The number of aromatic hydroxyl groups is 2. The second-order valence-corrected chi connectivity index (χ2v) is 4.54. The van der Waals surface area contributed by atoms with Crippen LogP contribution in [-0.4, -0.2) is 34.7 Å². The fourth-order valence-electron chi connectivity index (χ4n) is 2.44. The summed E-state index contributed by atoms with van der Waals surface area (Å²) in [5, 5.41) is 19.2. The van der Waals surface area contributed by atoms with Gasteiger partial charge < -0.3 is 15.1 Å². The maximum atomic E-state index is 9.76. The maximum absolute atomic E-state index is 9.76. The molecular weight excluding hydrogens is 202 g/mol. The van der Waals surface area contributed by atoms with Crippen molar-refractivity contribution in [3.8, 4) is 11.5 Å². The average Bonchev–Trinajstić information content (AvgIpc) is 2.32. The molecule has 1 atom stereocenters. The summed E-state index contributed by atoms with van der Waals surface area (Å²) in [6.45, 7) is 3.20.